The second-order valence-electron chi connectivity index (χ2n) is 4.05. The Morgan fingerprint density at radius 1 is 1.59 bits per heavy atom. The fourth-order valence-corrected chi connectivity index (χ4v) is 1.86. The predicted octanol–water partition coefficient (Wildman–Crippen LogP) is -0.309. The summed E-state index contributed by atoms with van der Waals surface area (Å²) in [6, 6.07) is 0. The molecule has 1 aromatic heterocycles. The van der Waals surface area contributed by atoms with E-state index in [1.165, 1.54) is 0 Å². The van der Waals surface area contributed by atoms with E-state index in [0.717, 1.165) is 12.2 Å². The normalized spacial score (nSPS) is 15.3. The molecule has 0 spiro atoms. The summed E-state index contributed by atoms with van der Waals surface area (Å²) in [6.07, 6.45) is 5.53. The second kappa shape index (κ2) is 5.47. The lowest BCUT2D eigenvalue weighted by Crippen LogP contribution is -2.38. The Balaban J connectivity index is 1.65. The smallest absolute Gasteiger partial charge is 0.239 e. The zero-order valence-electron chi connectivity index (χ0n) is 9.61. The highest BCUT2D eigenvalue weighted by atomic mass is 16.2. The molecule has 2 N–H and O–H groups in total. The van der Waals surface area contributed by atoms with Crippen molar-refractivity contribution in [2.24, 2.45) is 0 Å². The number of nitrogens with one attached hydrogen (secondary N) is 2. The van der Waals surface area contributed by atoms with E-state index in [9.17, 15) is 9.59 Å². The maximum Gasteiger partial charge on any atom is 0.239 e. The summed E-state index contributed by atoms with van der Waals surface area (Å²) in [5, 5.41) is 2.78. The van der Waals surface area contributed by atoms with Crippen molar-refractivity contribution in [3.8, 4) is 0 Å². The molecular formula is C11H16N4O2. The summed E-state index contributed by atoms with van der Waals surface area (Å²) in [6.45, 7) is 1.41. The fourth-order valence-electron chi connectivity index (χ4n) is 1.86. The molecule has 0 aliphatic carbocycles. The van der Waals surface area contributed by atoms with Crippen LogP contribution < -0.4 is 5.32 Å². The van der Waals surface area contributed by atoms with Crippen LogP contribution in [0.15, 0.2) is 12.4 Å². The quantitative estimate of drug-likeness (QED) is 0.736. The number of nitrogens with zero attached hydrogens (tertiary/aromatic N) is 2. The van der Waals surface area contributed by atoms with Crippen molar-refractivity contribution in [3.05, 3.63) is 18.2 Å². The van der Waals surface area contributed by atoms with E-state index in [4.69, 9.17) is 0 Å². The molecule has 0 atom stereocenters. The van der Waals surface area contributed by atoms with Crippen molar-refractivity contribution in [3.63, 3.8) is 0 Å². The highest BCUT2D eigenvalue weighted by Crippen LogP contribution is 2.08. The molecule has 0 bridgehead atoms. The highest BCUT2D eigenvalue weighted by molar-refractivity contribution is 5.85. The molecule has 17 heavy (non-hydrogen) atoms. The standard InChI is InChI=1S/C11H16N4O2/c16-10(8-15-7-1-2-11(15)17)14-4-3-9-12-5-6-13-9/h5-6H,1-4,7-8H2,(H,12,13)(H,14,16). The van der Waals surface area contributed by atoms with Gasteiger partial charge in [-0.15, -0.1) is 0 Å². The maximum atomic E-state index is 11.5. The van der Waals surface area contributed by atoms with E-state index < -0.39 is 0 Å². The first-order valence-corrected chi connectivity index (χ1v) is 5.78. The SMILES string of the molecule is O=C(CN1CCCC1=O)NCCc1ncc[nH]1. The Morgan fingerprint density at radius 2 is 2.47 bits per heavy atom. The van der Waals surface area contributed by atoms with Gasteiger partial charge in [0.25, 0.3) is 0 Å². The molecule has 92 valence electrons. The van der Waals surface area contributed by atoms with Gasteiger partial charge in [-0.1, -0.05) is 0 Å². The molecule has 2 heterocycles. The number of imidazole rings is 1. The number of amides is 2. The van der Waals surface area contributed by atoms with Crippen molar-refractivity contribution >= 4 is 11.8 Å². The van der Waals surface area contributed by atoms with Gasteiger partial charge >= 0.3 is 0 Å². The van der Waals surface area contributed by atoms with Gasteiger partial charge in [0, 0.05) is 38.3 Å². The lowest BCUT2D eigenvalue weighted by Gasteiger charge is -2.14. The number of likely N-dealkylation sites (tertiary alicyclic amines) is 1. The Labute approximate surface area is 99.4 Å². The molecule has 2 amide bonds. The van der Waals surface area contributed by atoms with Gasteiger partial charge in [-0.05, 0) is 6.42 Å². The number of H-pyrrole nitrogens is 1. The van der Waals surface area contributed by atoms with Gasteiger partial charge in [0.2, 0.25) is 11.8 Å². The van der Waals surface area contributed by atoms with Crippen LogP contribution in [0.1, 0.15) is 18.7 Å². The summed E-state index contributed by atoms with van der Waals surface area (Å²) in [7, 11) is 0. The lowest BCUT2D eigenvalue weighted by molar-refractivity contribution is -0.133. The van der Waals surface area contributed by atoms with Crippen LogP contribution >= 0.6 is 0 Å². The summed E-state index contributed by atoms with van der Waals surface area (Å²) in [4.78, 5) is 31.5. The van der Waals surface area contributed by atoms with Crippen LogP contribution in [0.2, 0.25) is 0 Å². The minimum atomic E-state index is -0.105. The van der Waals surface area contributed by atoms with Crippen LogP contribution in [0.3, 0.4) is 0 Å². The van der Waals surface area contributed by atoms with Gasteiger partial charge in [0.05, 0.1) is 6.54 Å². The van der Waals surface area contributed by atoms with E-state index >= 15 is 0 Å². The summed E-state index contributed by atoms with van der Waals surface area (Å²) >= 11 is 0. The number of hydrogen-bond donors (Lipinski definition) is 2. The highest BCUT2D eigenvalue weighted by Gasteiger charge is 2.21. The van der Waals surface area contributed by atoms with Gasteiger partial charge in [0.15, 0.2) is 0 Å². The molecule has 1 aliphatic heterocycles. The molecule has 6 heteroatoms. The zero-order chi connectivity index (χ0) is 12.1. The summed E-state index contributed by atoms with van der Waals surface area (Å²) < 4.78 is 0. The number of carbonyl (C=O) groups is 2. The van der Waals surface area contributed by atoms with Gasteiger partial charge < -0.3 is 15.2 Å². The fraction of sp³-hybridized carbons (Fsp3) is 0.545. The van der Waals surface area contributed by atoms with Crippen molar-refractivity contribution in [2.75, 3.05) is 19.6 Å². The monoisotopic (exact) mass is 236 g/mol. The van der Waals surface area contributed by atoms with Crippen molar-refractivity contribution < 1.29 is 9.59 Å². The zero-order valence-corrected chi connectivity index (χ0v) is 9.61. The Bertz CT molecular complexity index is 388. The lowest BCUT2D eigenvalue weighted by atomic mass is 10.4. The van der Waals surface area contributed by atoms with E-state index in [1.54, 1.807) is 17.3 Å². The third kappa shape index (κ3) is 3.30. The number of aromatic amines is 1. The molecule has 1 aliphatic rings. The molecule has 1 aromatic rings. The molecule has 6 nitrogen and oxygen atoms in total. The van der Waals surface area contributed by atoms with E-state index in [0.29, 0.717) is 25.9 Å². The minimum Gasteiger partial charge on any atom is -0.354 e. The molecule has 0 radical (unpaired) electrons. The van der Waals surface area contributed by atoms with E-state index in [-0.39, 0.29) is 18.4 Å². The molecule has 0 unspecified atom stereocenters. The van der Waals surface area contributed by atoms with Crippen LogP contribution in [-0.4, -0.2) is 46.3 Å². The van der Waals surface area contributed by atoms with Crippen molar-refractivity contribution in [1.82, 2.24) is 20.2 Å². The van der Waals surface area contributed by atoms with Gasteiger partial charge in [0.1, 0.15) is 5.82 Å². The first-order chi connectivity index (χ1) is 8.25. The summed E-state index contributed by atoms with van der Waals surface area (Å²) in [5.74, 6) is 0.820. The minimum absolute atomic E-state index is 0.0752. The van der Waals surface area contributed by atoms with Gasteiger partial charge in [-0.2, -0.15) is 0 Å². The first-order valence-electron chi connectivity index (χ1n) is 5.78. The van der Waals surface area contributed by atoms with Crippen LogP contribution in [0, 0.1) is 0 Å². The third-order valence-electron chi connectivity index (χ3n) is 2.74. The van der Waals surface area contributed by atoms with Crippen LogP contribution in [0.25, 0.3) is 0 Å². The number of carbonyl (C=O) groups excluding carboxylic acids is 2. The number of rotatable bonds is 5. The van der Waals surface area contributed by atoms with E-state index in [1.807, 2.05) is 0 Å². The van der Waals surface area contributed by atoms with Gasteiger partial charge in [-0.25, -0.2) is 4.98 Å². The third-order valence-corrected chi connectivity index (χ3v) is 2.74. The molecular weight excluding hydrogens is 220 g/mol. The first kappa shape index (κ1) is 11.6. The topological polar surface area (TPSA) is 78.1 Å². The summed E-state index contributed by atoms with van der Waals surface area (Å²) in [5.41, 5.74) is 0. The molecule has 1 fully saturated rings. The average Bonchev–Trinajstić information content (AvgIpc) is 2.92. The molecule has 0 saturated carbocycles. The Kier molecular flexibility index (Phi) is 3.74. The van der Waals surface area contributed by atoms with Crippen LogP contribution in [0.5, 0.6) is 0 Å². The van der Waals surface area contributed by atoms with Crippen LogP contribution in [-0.2, 0) is 16.0 Å². The van der Waals surface area contributed by atoms with Crippen LogP contribution in [0.4, 0.5) is 0 Å². The average molecular weight is 236 g/mol. The van der Waals surface area contributed by atoms with Crippen molar-refractivity contribution in [2.45, 2.75) is 19.3 Å². The maximum absolute atomic E-state index is 11.5. The predicted molar refractivity (Wildman–Crippen MR) is 61.1 cm³/mol. The Morgan fingerprint density at radius 3 is 3.12 bits per heavy atom. The van der Waals surface area contributed by atoms with Crippen molar-refractivity contribution in [1.29, 1.82) is 0 Å². The number of hydrogen-bond acceptors (Lipinski definition) is 3. The second-order valence-corrected chi connectivity index (χ2v) is 4.05. The van der Waals surface area contributed by atoms with E-state index in [2.05, 4.69) is 15.3 Å². The molecule has 1 saturated heterocycles. The largest absolute Gasteiger partial charge is 0.354 e. The number of aromatic nitrogens is 2. The van der Waals surface area contributed by atoms with Gasteiger partial charge in [-0.3, -0.25) is 9.59 Å². The molecule has 2 rings (SSSR count). The Hall–Kier alpha value is -1.85. The molecule has 0 aromatic carbocycles.